The SMILES string of the molecule is O=C(Cc1ccccc1)N1CCCC(C(=O)N2CCC(Nc3ccc(F)cc3)CC2)C1. The van der Waals surface area contributed by atoms with E-state index in [1.54, 1.807) is 12.1 Å². The summed E-state index contributed by atoms with van der Waals surface area (Å²) >= 11 is 0. The van der Waals surface area contributed by atoms with E-state index in [0.29, 0.717) is 26.1 Å². The molecule has 2 fully saturated rings. The topological polar surface area (TPSA) is 52.7 Å². The van der Waals surface area contributed by atoms with Gasteiger partial charge in [0.15, 0.2) is 0 Å². The molecule has 2 aromatic carbocycles. The first-order valence-electron chi connectivity index (χ1n) is 11.2. The summed E-state index contributed by atoms with van der Waals surface area (Å²) in [4.78, 5) is 29.6. The van der Waals surface area contributed by atoms with Crippen molar-refractivity contribution in [2.75, 3.05) is 31.5 Å². The third-order valence-corrected chi connectivity index (χ3v) is 6.34. The van der Waals surface area contributed by atoms with E-state index in [1.807, 2.05) is 40.1 Å². The van der Waals surface area contributed by atoms with Gasteiger partial charge in [0.05, 0.1) is 12.3 Å². The van der Waals surface area contributed by atoms with Crippen molar-refractivity contribution in [3.05, 3.63) is 66.0 Å². The van der Waals surface area contributed by atoms with Crippen LogP contribution in [-0.4, -0.2) is 53.8 Å². The molecule has 5 nitrogen and oxygen atoms in total. The number of halogens is 1. The molecule has 164 valence electrons. The van der Waals surface area contributed by atoms with Gasteiger partial charge in [0.1, 0.15) is 5.82 Å². The van der Waals surface area contributed by atoms with Crippen LogP contribution < -0.4 is 5.32 Å². The second-order valence-corrected chi connectivity index (χ2v) is 8.59. The normalized spacial score (nSPS) is 19.8. The number of nitrogens with one attached hydrogen (secondary N) is 1. The molecule has 2 saturated heterocycles. The quantitative estimate of drug-likeness (QED) is 0.798. The van der Waals surface area contributed by atoms with Crippen LogP contribution in [0.25, 0.3) is 0 Å². The summed E-state index contributed by atoms with van der Waals surface area (Å²) in [5, 5.41) is 3.43. The molecule has 1 N–H and O–H groups in total. The van der Waals surface area contributed by atoms with E-state index >= 15 is 0 Å². The maximum atomic E-state index is 13.1. The van der Waals surface area contributed by atoms with Crippen molar-refractivity contribution >= 4 is 17.5 Å². The van der Waals surface area contributed by atoms with Crippen LogP contribution in [0.1, 0.15) is 31.2 Å². The predicted molar refractivity (Wildman–Crippen MR) is 119 cm³/mol. The molecule has 0 radical (unpaired) electrons. The van der Waals surface area contributed by atoms with Crippen molar-refractivity contribution in [3.63, 3.8) is 0 Å². The number of anilines is 1. The van der Waals surface area contributed by atoms with Gasteiger partial charge in [-0.05, 0) is 55.5 Å². The summed E-state index contributed by atoms with van der Waals surface area (Å²) in [6.07, 6.45) is 3.85. The van der Waals surface area contributed by atoms with E-state index in [2.05, 4.69) is 5.32 Å². The lowest BCUT2D eigenvalue weighted by Gasteiger charge is -2.38. The monoisotopic (exact) mass is 423 g/mol. The first kappa shape index (κ1) is 21.3. The van der Waals surface area contributed by atoms with Crippen LogP contribution in [0.3, 0.4) is 0 Å². The van der Waals surface area contributed by atoms with Crippen LogP contribution >= 0.6 is 0 Å². The van der Waals surface area contributed by atoms with E-state index in [-0.39, 0.29) is 29.6 Å². The highest BCUT2D eigenvalue weighted by atomic mass is 19.1. The van der Waals surface area contributed by atoms with E-state index in [0.717, 1.165) is 43.5 Å². The van der Waals surface area contributed by atoms with Gasteiger partial charge in [-0.1, -0.05) is 30.3 Å². The molecule has 0 bridgehead atoms. The van der Waals surface area contributed by atoms with Gasteiger partial charge in [0.25, 0.3) is 0 Å². The van der Waals surface area contributed by atoms with Crippen molar-refractivity contribution in [1.82, 2.24) is 9.80 Å². The van der Waals surface area contributed by atoms with Gasteiger partial charge < -0.3 is 15.1 Å². The Morgan fingerprint density at radius 1 is 0.903 bits per heavy atom. The Labute approximate surface area is 183 Å². The lowest BCUT2D eigenvalue weighted by atomic mass is 9.94. The zero-order chi connectivity index (χ0) is 21.6. The highest BCUT2D eigenvalue weighted by molar-refractivity contribution is 5.82. The molecule has 4 rings (SSSR count). The zero-order valence-corrected chi connectivity index (χ0v) is 17.8. The number of benzene rings is 2. The Kier molecular flexibility index (Phi) is 6.85. The average Bonchev–Trinajstić information content (AvgIpc) is 2.81. The Hall–Kier alpha value is -2.89. The third kappa shape index (κ3) is 5.63. The molecule has 2 aliphatic rings. The van der Waals surface area contributed by atoms with E-state index in [9.17, 15) is 14.0 Å². The van der Waals surface area contributed by atoms with Crippen LogP contribution in [0.2, 0.25) is 0 Å². The number of amides is 2. The number of likely N-dealkylation sites (tertiary alicyclic amines) is 2. The number of carbonyl (C=O) groups excluding carboxylic acids is 2. The molecule has 31 heavy (non-hydrogen) atoms. The van der Waals surface area contributed by atoms with E-state index in [4.69, 9.17) is 0 Å². The summed E-state index contributed by atoms with van der Waals surface area (Å²) in [6, 6.07) is 16.4. The molecule has 6 heteroatoms. The molecule has 2 amide bonds. The van der Waals surface area contributed by atoms with Gasteiger partial charge in [0, 0.05) is 37.9 Å². The number of piperidine rings is 2. The first-order chi connectivity index (χ1) is 15.1. The van der Waals surface area contributed by atoms with Crippen molar-refractivity contribution in [2.24, 2.45) is 5.92 Å². The van der Waals surface area contributed by atoms with Crippen LogP contribution in [-0.2, 0) is 16.0 Å². The Morgan fingerprint density at radius 2 is 1.61 bits per heavy atom. The zero-order valence-electron chi connectivity index (χ0n) is 17.8. The molecular weight excluding hydrogens is 393 g/mol. The Balaban J connectivity index is 1.26. The number of hydrogen-bond donors (Lipinski definition) is 1. The molecule has 0 spiro atoms. The van der Waals surface area contributed by atoms with E-state index in [1.165, 1.54) is 12.1 Å². The van der Waals surface area contributed by atoms with Crippen LogP contribution in [0.5, 0.6) is 0 Å². The van der Waals surface area contributed by atoms with Gasteiger partial charge >= 0.3 is 0 Å². The Morgan fingerprint density at radius 3 is 2.32 bits per heavy atom. The highest BCUT2D eigenvalue weighted by Gasteiger charge is 2.32. The summed E-state index contributed by atoms with van der Waals surface area (Å²) < 4.78 is 13.1. The van der Waals surface area contributed by atoms with Crippen LogP contribution in [0, 0.1) is 11.7 Å². The minimum absolute atomic E-state index is 0.102. The predicted octanol–water partition coefficient (Wildman–Crippen LogP) is 3.71. The fourth-order valence-electron chi connectivity index (χ4n) is 4.57. The minimum Gasteiger partial charge on any atom is -0.382 e. The molecular formula is C25H30FN3O2. The smallest absolute Gasteiger partial charge is 0.227 e. The molecule has 0 aromatic heterocycles. The standard InChI is InChI=1S/C25H30FN3O2/c26-21-8-10-22(11-9-21)27-23-12-15-28(16-13-23)25(31)20-7-4-14-29(18-20)24(30)17-19-5-2-1-3-6-19/h1-3,5-6,8-11,20,23,27H,4,7,12-18H2. The molecule has 0 aliphatic carbocycles. The number of hydrogen-bond acceptors (Lipinski definition) is 3. The average molecular weight is 424 g/mol. The van der Waals surface area contributed by atoms with Gasteiger partial charge in [-0.15, -0.1) is 0 Å². The van der Waals surface area contributed by atoms with Gasteiger partial charge in [-0.25, -0.2) is 4.39 Å². The number of rotatable bonds is 5. The van der Waals surface area contributed by atoms with Crippen molar-refractivity contribution < 1.29 is 14.0 Å². The maximum absolute atomic E-state index is 13.1. The molecule has 2 heterocycles. The van der Waals surface area contributed by atoms with Crippen molar-refractivity contribution in [3.8, 4) is 0 Å². The molecule has 1 atom stereocenters. The maximum Gasteiger partial charge on any atom is 0.227 e. The summed E-state index contributed by atoms with van der Waals surface area (Å²) in [5.41, 5.74) is 1.92. The van der Waals surface area contributed by atoms with E-state index < -0.39 is 0 Å². The van der Waals surface area contributed by atoms with Crippen molar-refractivity contribution in [1.29, 1.82) is 0 Å². The first-order valence-corrected chi connectivity index (χ1v) is 11.2. The van der Waals surface area contributed by atoms with Gasteiger partial charge in [-0.3, -0.25) is 9.59 Å². The number of carbonyl (C=O) groups is 2. The van der Waals surface area contributed by atoms with Gasteiger partial charge in [0.2, 0.25) is 11.8 Å². The summed E-state index contributed by atoms with van der Waals surface area (Å²) in [6.45, 7) is 2.69. The summed E-state index contributed by atoms with van der Waals surface area (Å²) in [7, 11) is 0. The third-order valence-electron chi connectivity index (χ3n) is 6.34. The van der Waals surface area contributed by atoms with Crippen LogP contribution in [0.15, 0.2) is 54.6 Å². The lowest BCUT2D eigenvalue weighted by Crippen LogP contribution is -2.50. The fourth-order valence-corrected chi connectivity index (χ4v) is 4.57. The molecule has 2 aliphatic heterocycles. The Bertz CT molecular complexity index is 879. The molecule has 0 saturated carbocycles. The summed E-state index contributed by atoms with van der Waals surface area (Å²) in [5.74, 6) is -0.0619. The minimum atomic E-state index is -0.241. The second kappa shape index (κ2) is 9.94. The molecule has 1 unspecified atom stereocenters. The van der Waals surface area contributed by atoms with Crippen LogP contribution in [0.4, 0.5) is 10.1 Å². The number of nitrogens with zero attached hydrogens (tertiary/aromatic N) is 2. The molecule has 2 aromatic rings. The second-order valence-electron chi connectivity index (χ2n) is 8.59. The lowest BCUT2D eigenvalue weighted by molar-refractivity contribution is -0.141. The van der Waals surface area contributed by atoms with Crippen molar-refractivity contribution in [2.45, 2.75) is 38.1 Å². The largest absolute Gasteiger partial charge is 0.382 e. The van der Waals surface area contributed by atoms with Gasteiger partial charge in [-0.2, -0.15) is 0 Å². The fraction of sp³-hybridized carbons (Fsp3) is 0.440. The highest BCUT2D eigenvalue weighted by Crippen LogP contribution is 2.23.